The van der Waals surface area contributed by atoms with Crippen LogP contribution >= 0.6 is 11.8 Å². The number of hydrogen-bond donors (Lipinski definition) is 3. The van der Waals surface area contributed by atoms with Crippen molar-refractivity contribution in [1.29, 1.82) is 0 Å². The predicted molar refractivity (Wildman–Crippen MR) is 76.7 cm³/mol. The molecule has 2 aliphatic carbocycles. The summed E-state index contributed by atoms with van der Waals surface area (Å²) in [5, 5.41) is 3.36. The zero-order chi connectivity index (χ0) is 14.1. The van der Waals surface area contributed by atoms with Crippen LogP contribution in [0.15, 0.2) is 0 Å². The number of ketones is 1. The van der Waals surface area contributed by atoms with Crippen LogP contribution in [0.2, 0.25) is 0 Å². The molecule has 1 aromatic heterocycles. The van der Waals surface area contributed by atoms with Crippen molar-refractivity contribution in [3.63, 3.8) is 0 Å². The number of aromatic nitrogens is 2. The molecule has 7 heteroatoms. The number of fused-ring (bicyclic) bond motifs is 1. The summed E-state index contributed by atoms with van der Waals surface area (Å²) < 4.78 is 0. The standard InChI is InChI=1S/C13H18ClN5O/c14-19-12-11-9(5-6-10(11)20)17-13(18-12)16-8-4-2-1-3-7(8)15/h7-8H,1-6,15H2,(H2,16,17,18,19)/p+1/t7-,8+/m0/s1. The molecule has 1 fully saturated rings. The summed E-state index contributed by atoms with van der Waals surface area (Å²) in [4.78, 5) is 23.1. The van der Waals surface area contributed by atoms with E-state index in [1.807, 2.05) is 0 Å². The van der Waals surface area contributed by atoms with Crippen molar-refractivity contribution in [3.8, 4) is 0 Å². The Labute approximate surface area is 122 Å². The molecule has 0 bridgehead atoms. The summed E-state index contributed by atoms with van der Waals surface area (Å²) >= 11 is 5.69. The molecular formula is C13H19ClN5O+. The fourth-order valence-corrected chi connectivity index (χ4v) is 3.17. The quantitative estimate of drug-likeness (QED) is 0.727. The van der Waals surface area contributed by atoms with Gasteiger partial charge in [0.2, 0.25) is 5.95 Å². The van der Waals surface area contributed by atoms with E-state index < -0.39 is 0 Å². The molecule has 2 aliphatic rings. The smallest absolute Gasteiger partial charge is 0.225 e. The molecule has 0 saturated heterocycles. The number of nitrogens with zero attached hydrogens (tertiary/aromatic N) is 2. The second-order valence-corrected chi connectivity index (χ2v) is 5.72. The first-order valence-electron chi connectivity index (χ1n) is 7.09. The summed E-state index contributed by atoms with van der Waals surface area (Å²) in [6.45, 7) is 0. The summed E-state index contributed by atoms with van der Waals surface area (Å²) in [5.41, 5.74) is 5.51. The maximum absolute atomic E-state index is 11.8. The number of halogens is 1. The molecule has 0 spiro atoms. The SMILES string of the molecule is [NH3+][C@H]1CCCC[C@H]1Nc1nc2c(c(NCl)n1)C(=O)CC2. The Hall–Kier alpha value is -1.40. The van der Waals surface area contributed by atoms with E-state index in [9.17, 15) is 4.79 Å². The van der Waals surface area contributed by atoms with Gasteiger partial charge in [0, 0.05) is 24.6 Å². The van der Waals surface area contributed by atoms with Crippen molar-refractivity contribution in [2.24, 2.45) is 0 Å². The van der Waals surface area contributed by atoms with Gasteiger partial charge < -0.3 is 11.1 Å². The lowest BCUT2D eigenvalue weighted by atomic mass is 9.91. The fourth-order valence-electron chi connectivity index (χ4n) is 3.03. The molecule has 1 heterocycles. The number of quaternary nitrogens is 1. The predicted octanol–water partition coefficient (Wildman–Crippen LogP) is 1.14. The number of nitrogens with one attached hydrogen (secondary N) is 2. The number of aryl methyl sites for hydroxylation is 1. The second kappa shape index (κ2) is 5.54. The average molecular weight is 297 g/mol. The van der Waals surface area contributed by atoms with Crippen LogP contribution in [0.3, 0.4) is 0 Å². The largest absolute Gasteiger partial charge is 0.353 e. The molecule has 0 unspecified atom stereocenters. The van der Waals surface area contributed by atoms with Crippen molar-refractivity contribution >= 4 is 29.3 Å². The molecule has 6 nitrogen and oxygen atoms in total. The third-order valence-electron chi connectivity index (χ3n) is 4.16. The molecule has 0 aliphatic heterocycles. The number of anilines is 2. The Kier molecular flexibility index (Phi) is 3.76. The van der Waals surface area contributed by atoms with E-state index in [1.165, 1.54) is 12.8 Å². The first kappa shape index (κ1) is 13.6. The van der Waals surface area contributed by atoms with Crippen LogP contribution in [-0.2, 0) is 6.42 Å². The highest BCUT2D eigenvalue weighted by Crippen LogP contribution is 2.28. The Morgan fingerprint density at radius 1 is 1.20 bits per heavy atom. The minimum atomic E-state index is 0.0578. The van der Waals surface area contributed by atoms with Crippen LogP contribution < -0.4 is 15.9 Å². The number of hydrogen-bond acceptors (Lipinski definition) is 5. The van der Waals surface area contributed by atoms with Gasteiger partial charge in [-0.25, -0.2) is 4.98 Å². The number of carbonyl (C=O) groups is 1. The zero-order valence-corrected chi connectivity index (χ0v) is 12.0. The monoisotopic (exact) mass is 296 g/mol. The van der Waals surface area contributed by atoms with Crippen LogP contribution in [-0.4, -0.2) is 27.8 Å². The van der Waals surface area contributed by atoms with E-state index in [1.54, 1.807) is 0 Å². The molecule has 2 atom stereocenters. The molecule has 0 aromatic carbocycles. The molecule has 0 amide bonds. The Morgan fingerprint density at radius 2 is 2.00 bits per heavy atom. The van der Waals surface area contributed by atoms with Gasteiger partial charge in [-0.3, -0.25) is 9.63 Å². The topological polar surface area (TPSA) is 94.6 Å². The van der Waals surface area contributed by atoms with Crippen LogP contribution in [0.25, 0.3) is 0 Å². The van der Waals surface area contributed by atoms with Crippen molar-refractivity contribution in [2.45, 2.75) is 50.6 Å². The van der Waals surface area contributed by atoms with Gasteiger partial charge in [0.15, 0.2) is 11.6 Å². The van der Waals surface area contributed by atoms with E-state index in [0.717, 1.165) is 18.5 Å². The molecule has 0 radical (unpaired) electrons. The zero-order valence-electron chi connectivity index (χ0n) is 11.3. The number of rotatable bonds is 3. The third kappa shape index (κ3) is 2.45. The normalized spacial score (nSPS) is 25.4. The minimum absolute atomic E-state index is 0.0578. The van der Waals surface area contributed by atoms with Gasteiger partial charge in [0.25, 0.3) is 0 Å². The van der Waals surface area contributed by atoms with Crippen molar-refractivity contribution in [1.82, 2.24) is 9.97 Å². The van der Waals surface area contributed by atoms with E-state index in [0.29, 0.717) is 42.3 Å². The van der Waals surface area contributed by atoms with Gasteiger partial charge in [-0.2, -0.15) is 4.98 Å². The highest BCUT2D eigenvalue weighted by molar-refractivity contribution is 6.25. The summed E-state index contributed by atoms with van der Waals surface area (Å²) in [6, 6.07) is 0.664. The first-order chi connectivity index (χ1) is 9.69. The van der Waals surface area contributed by atoms with Gasteiger partial charge >= 0.3 is 0 Å². The van der Waals surface area contributed by atoms with E-state index in [4.69, 9.17) is 11.8 Å². The molecule has 20 heavy (non-hydrogen) atoms. The lowest BCUT2D eigenvalue weighted by Crippen LogP contribution is -2.68. The maximum atomic E-state index is 11.8. The van der Waals surface area contributed by atoms with Gasteiger partial charge in [0.05, 0.1) is 17.3 Å². The Morgan fingerprint density at radius 3 is 2.75 bits per heavy atom. The molecule has 1 aromatic rings. The Balaban J connectivity index is 1.85. The van der Waals surface area contributed by atoms with Gasteiger partial charge in [-0.05, 0) is 19.3 Å². The van der Waals surface area contributed by atoms with Crippen LogP contribution in [0.1, 0.15) is 48.2 Å². The minimum Gasteiger partial charge on any atom is -0.353 e. The third-order valence-corrected chi connectivity index (χ3v) is 4.34. The molecule has 1 saturated carbocycles. The first-order valence-corrected chi connectivity index (χ1v) is 7.47. The number of carbonyl (C=O) groups excluding carboxylic acids is 1. The Bertz CT molecular complexity index is 536. The van der Waals surface area contributed by atoms with Gasteiger partial charge in [-0.1, -0.05) is 6.42 Å². The lowest BCUT2D eigenvalue weighted by molar-refractivity contribution is -0.427. The van der Waals surface area contributed by atoms with Crippen LogP contribution in [0, 0.1) is 0 Å². The highest BCUT2D eigenvalue weighted by atomic mass is 35.5. The maximum Gasteiger partial charge on any atom is 0.225 e. The summed E-state index contributed by atoms with van der Waals surface area (Å²) in [5.74, 6) is 1.02. The van der Waals surface area contributed by atoms with Crippen molar-refractivity contribution in [3.05, 3.63) is 11.3 Å². The van der Waals surface area contributed by atoms with Crippen LogP contribution in [0.4, 0.5) is 11.8 Å². The van der Waals surface area contributed by atoms with Gasteiger partial charge in [-0.15, -0.1) is 0 Å². The van der Waals surface area contributed by atoms with Crippen LogP contribution in [0.5, 0.6) is 0 Å². The second-order valence-electron chi connectivity index (χ2n) is 5.53. The fraction of sp³-hybridized carbons (Fsp3) is 0.615. The van der Waals surface area contributed by atoms with Crippen molar-refractivity contribution < 1.29 is 10.5 Å². The van der Waals surface area contributed by atoms with Crippen molar-refractivity contribution in [2.75, 3.05) is 10.2 Å². The molecule has 3 rings (SSSR count). The van der Waals surface area contributed by atoms with E-state index in [2.05, 4.69) is 25.9 Å². The summed E-state index contributed by atoms with van der Waals surface area (Å²) in [7, 11) is 0. The van der Waals surface area contributed by atoms with Gasteiger partial charge in [0.1, 0.15) is 6.04 Å². The highest BCUT2D eigenvalue weighted by Gasteiger charge is 2.29. The van der Waals surface area contributed by atoms with E-state index >= 15 is 0 Å². The molecule has 5 N–H and O–H groups in total. The lowest BCUT2D eigenvalue weighted by Gasteiger charge is -2.26. The average Bonchev–Trinajstić information content (AvgIpc) is 2.82. The molecular weight excluding hydrogens is 278 g/mol. The molecule has 108 valence electrons. The summed E-state index contributed by atoms with van der Waals surface area (Å²) in [6.07, 6.45) is 5.79. The van der Waals surface area contributed by atoms with E-state index in [-0.39, 0.29) is 5.78 Å². The number of Topliss-reactive ketones (excluding diaryl/α,β-unsaturated/α-hetero) is 1.